The third-order valence-corrected chi connectivity index (χ3v) is 3.37. The first-order chi connectivity index (χ1) is 8.16. The van der Waals surface area contributed by atoms with Gasteiger partial charge in [-0.2, -0.15) is 0 Å². The molecule has 0 radical (unpaired) electrons. The molecule has 17 heavy (non-hydrogen) atoms. The molecular formula is C13H19N3O. The number of rotatable bonds is 2. The van der Waals surface area contributed by atoms with Gasteiger partial charge >= 0.3 is 0 Å². The van der Waals surface area contributed by atoms with Crippen molar-refractivity contribution < 1.29 is 4.79 Å². The van der Waals surface area contributed by atoms with Crippen molar-refractivity contribution in [1.29, 1.82) is 0 Å². The number of nitrogens with two attached hydrogens (primary N) is 1. The van der Waals surface area contributed by atoms with Crippen molar-refractivity contribution in [3.05, 3.63) is 29.6 Å². The number of hydrogen-bond donors (Lipinski definition) is 2. The minimum atomic E-state index is 0.00497. The molecule has 2 rings (SSSR count). The molecule has 1 aromatic rings. The summed E-state index contributed by atoms with van der Waals surface area (Å²) in [6.45, 7) is 1.90. The number of amides is 1. The molecule has 1 aliphatic carbocycles. The van der Waals surface area contributed by atoms with E-state index in [1.807, 2.05) is 6.92 Å². The summed E-state index contributed by atoms with van der Waals surface area (Å²) in [6, 6.07) is 2.35. The molecular weight excluding hydrogens is 214 g/mol. The number of carbonyl (C=O) groups excluding carboxylic acids is 1. The maximum Gasteiger partial charge on any atom is 0.251 e. The molecule has 0 spiro atoms. The normalized spacial score (nSPS) is 24.4. The molecule has 4 nitrogen and oxygen atoms in total. The lowest BCUT2D eigenvalue weighted by Crippen LogP contribution is -2.40. The summed E-state index contributed by atoms with van der Waals surface area (Å²) in [5.74, 6) is 0.00497. The second-order valence-corrected chi connectivity index (χ2v) is 4.78. The Morgan fingerprint density at radius 1 is 1.41 bits per heavy atom. The molecule has 0 unspecified atom stereocenters. The van der Waals surface area contributed by atoms with E-state index >= 15 is 0 Å². The highest BCUT2D eigenvalue weighted by Gasteiger charge is 2.20. The van der Waals surface area contributed by atoms with Gasteiger partial charge in [-0.3, -0.25) is 9.78 Å². The van der Waals surface area contributed by atoms with E-state index < -0.39 is 0 Å². The molecule has 1 heterocycles. The van der Waals surface area contributed by atoms with Crippen LogP contribution >= 0.6 is 0 Å². The zero-order chi connectivity index (χ0) is 12.3. The summed E-state index contributed by atoms with van der Waals surface area (Å²) in [7, 11) is 0. The van der Waals surface area contributed by atoms with Crippen molar-refractivity contribution in [3.63, 3.8) is 0 Å². The average Bonchev–Trinajstić information content (AvgIpc) is 2.32. The summed E-state index contributed by atoms with van der Waals surface area (Å²) < 4.78 is 0. The Kier molecular flexibility index (Phi) is 3.74. The van der Waals surface area contributed by atoms with Gasteiger partial charge in [-0.25, -0.2) is 0 Å². The Labute approximate surface area is 102 Å². The van der Waals surface area contributed by atoms with Crippen molar-refractivity contribution >= 4 is 5.91 Å². The second-order valence-electron chi connectivity index (χ2n) is 4.78. The summed E-state index contributed by atoms with van der Waals surface area (Å²) in [5.41, 5.74) is 7.47. The fourth-order valence-electron chi connectivity index (χ4n) is 2.25. The van der Waals surface area contributed by atoms with Gasteiger partial charge < -0.3 is 11.1 Å². The number of aromatic nitrogens is 1. The smallest absolute Gasteiger partial charge is 0.251 e. The Hall–Kier alpha value is -1.42. The average molecular weight is 233 g/mol. The third-order valence-electron chi connectivity index (χ3n) is 3.37. The zero-order valence-corrected chi connectivity index (χ0v) is 10.1. The molecule has 0 atom stereocenters. The van der Waals surface area contributed by atoms with Crippen molar-refractivity contribution in [2.45, 2.75) is 44.7 Å². The number of aryl methyl sites for hydroxylation is 1. The van der Waals surface area contributed by atoms with Gasteiger partial charge in [0.05, 0.1) is 0 Å². The van der Waals surface area contributed by atoms with Crippen molar-refractivity contribution in [2.75, 3.05) is 0 Å². The Bertz CT molecular complexity index is 397. The van der Waals surface area contributed by atoms with Gasteiger partial charge in [0.1, 0.15) is 0 Å². The second kappa shape index (κ2) is 5.27. The molecule has 0 aliphatic heterocycles. The minimum absolute atomic E-state index is 0.00497. The van der Waals surface area contributed by atoms with Crippen LogP contribution in [0.4, 0.5) is 0 Å². The highest BCUT2D eigenvalue weighted by molar-refractivity contribution is 5.95. The summed E-state index contributed by atoms with van der Waals surface area (Å²) in [5, 5.41) is 3.07. The topological polar surface area (TPSA) is 68.0 Å². The van der Waals surface area contributed by atoms with Gasteiger partial charge in [0, 0.05) is 30.0 Å². The van der Waals surface area contributed by atoms with Gasteiger partial charge in [0.25, 0.3) is 5.91 Å². The molecule has 1 saturated carbocycles. The van der Waals surface area contributed by atoms with E-state index in [1.54, 1.807) is 18.5 Å². The highest BCUT2D eigenvalue weighted by Crippen LogP contribution is 2.17. The standard InChI is InChI=1S/C13H19N3O/c1-9-8-15-7-6-12(9)13(17)16-11-4-2-10(14)3-5-11/h6-8,10-11H,2-5,14H2,1H3,(H,16,17). The Morgan fingerprint density at radius 2 is 2.12 bits per heavy atom. The number of nitrogens with one attached hydrogen (secondary N) is 1. The third kappa shape index (κ3) is 3.03. The van der Waals surface area contributed by atoms with E-state index in [-0.39, 0.29) is 11.9 Å². The minimum Gasteiger partial charge on any atom is -0.349 e. The fourth-order valence-corrected chi connectivity index (χ4v) is 2.25. The fraction of sp³-hybridized carbons (Fsp3) is 0.538. The molecule has 92 valence electrons. The van der Waals surface area contributed by atoms with Crippen molar-refractivity contribution in [1.82, 2.24) is 10.3 Å². The molecule has 0 bridgehead atoms. The largest absolute Gasteiger partial charge is 0.349 e. The van der Waals surface area contributed by atoms with Crippen LogP contribution in [-0.4, -0.2) is 23.0 Å². The number of pyridine rings is 1. The quantitative estimate of drug-likeness (QED) is 0.811. The molecule has 0 saturated heterocycles. The summed E-state index contributed by atoms with van der Waals surface area (Å²) in [4.78, 5) is 16.0. The lowest BCUT2D eigenvalue weighted by Gasteiger charge is -2.26. The predicted octanol–water partition coefficient (Wildman–Crippen LogP) is 1.39. The first kappa shape index (κ1) is 12.0. The molecule has 1 aromatic heterocycles. The SMILES string of the molecule is Cc1cnccc1C(=O)NC1CCC(N)CC1. The van der Waals surface area contributed by atoms with Crippen LogP contribution in [0.2, 0.25) is 0 Å². The van der Waals surface area contributed by atoms with Gasteiger partial charge in [-0.1, -0.05) is 0 Å². The van der Waals surface area contributed by atoms with Gasteiger partial charge in [-0.05, 0) is 44.2 Å². The van der Waals surface area contributed by atoms with Crippen LogP contribution in [0.5, 0.6) is 0 Å². The van der Waals surface area contributed by atoms with Crippen LogP contribution in [0.3, 0.4) is 0 Å². The molecule has 3 N–H and O–H groups in total. The van der Waals surface area contributed by atoms with Crippen molar-refractivity contribution in [2.24, 2.45) is 5.73 Å². The monoisotopic (exact) mass is 233 g/mol. The lowest BCUT2D eigenvalue weighted by molar-refractivity contribution is 0.0925. The van der Waals surface area contributed by atoms with Crippen LogP contribution in [-0.2, 0) is 0 Å². The maximum absolute atomic E-state index is 12.0. The molecule has 4 heteroatoms. The summed E-state index contributed by atoms with van der Waals surface area (Å²) in [6.07, 6.45) is 7.33. The van der Waals surface area contributed by atoms with E-state index in [0.717, 1.165) is 36.8 Å². The van der Waals surface area contributed by atoms with Gasteiger partial charge in [-0.15, -0.1) is 0 Å². The Balaban J connectivity index is 1.96. The van der Waals surface area contributed by atoms with Crippen LogP contribution in [0.15, 0.2) is 18.5 Å². The molecule has 0 aromatic carbocycles. The zero-order valence-electron chi connectivity index (χ0n) is 10.1. The van der Waals surface area contributed by atoms with Crippen LogP contribution in [0.1, 0.15) is 41.6 Å². The molecule has 1 aliphatic rings. The summed E-state index contributed by atoms with van der Waals surface area (Å²) >= 11 is 0. The number of carbonyl (C=O) groups is 1. The highest BCUT2D eigenvalue weighted by atomic mass is 16.1. The number of nitrogens with zero attached hydrogens (tertiary/aromatic N) is 1. The van der Waals surface area contributed by atoms with E-state index in [0.29, 0.717) is 6.04 Å². The first-order valence-electron chi connectivity index (χ1n) is 6.14. The Morgan fingerprint density at radius 3 is 2.76 bits per heavy atom. The van der Waals surface area contributed by atoms with Gasteiger partial charge in [0.2, 0.25) is 0 Å². The van der Waals surface area contributed by atoms with Crippen molar-refractivity contribution in [3.8, 4) is 0 Å². The van der Waals surface area contributed by atoms with E-state index in [2.05, 4.69) is 10.3 Å². The number of hydrogen-bond acceptors (Lipinski definition) is 3. The van der Waals surface area contributed by atoms with E-state index in [4.69, 9.17) is 5.73 Å². The van der Waals surface area contributed by atoms with E-state index in [1.165, 1.54) is 0 Å². The van der Waals surface area contributed by atoms with Gasteiger partial charge in [0.15, 0.2) is 0 Å². The lowest BCUT2D eigenvalue weighted by atomic mass is 9.91. The van der Waals surface area contributed by atoms with Crippen LogP contribution < -0.4 is 11.1 Å². The predicted molar refractivity (Wildman–Crippen MR) is 66.7 cm³/mol. The van der Waals surface area contributed by atoms with Crippen LogP contribution in [0, 0.1) is 6.92 Å². The molecule has 1 fully saturated rings. The first-order valence-corrected chi connectivity index (χ1v) is 6.14. The van der Waals surface area contributed by atoms with E-state index in [9.17, 15) is 4.79 Å². The van der Waals surface area contributed by atoms with Crippen LogP contribution in [0.25, 0.3) is 0 Å². The molecule has 1 amide bonds. The maximum atomic E-state index is 12.0.